The van der Waals surface area contributed by atoms with Crippen LogP contribution in [0.15, 0.2) is 29.3 Å². The lowest BCUT2D eigenvalue weighted by atomic mass is 10.2. The number of fused-ring (bicyclic) bond motifs is 2. The van der Waals surface area contributed by atoms with Gasteiger partial charge < -0.3 is 10.1 Å². The molecule has 0 bridgehead atoms. The van der Waals surface area contributed by atoms with Gasteiger partial charge in [-0.1, -0.05) is 12.1 Å². The highest BCUT2D eigenvalue weighted by molar-refractivity contribution is 6.09. The molecule has 0 aliphatic carbocycles. The predicted octanol–water partition coefficient (Wildman–Crippen LogP) is 0.997. The summed E-state index contributed by atoms with van der Waals surface area (Å²) < 4.78 is 5.61. The van der Waals surface area contributed by atoms with Gasteiger partial charge in [0.15, 0.2) is 11.9 Å². The molecule has 1 amide bonds. The molecule has 1 aromatic rings. The Labute approximate surface area is 80.6 Å². The van der Waals surface area contributed by atoms with Gasteiger partial charge in [0.05, 0.1) is 6.42 Å². The van der Waals surface area contributed by atoms with E-state index in [0.717, 1.165) is 11.4 Å². The van der Waals surface area contributed by atoms with E-state index < -0.39 is 0 Å². The number of hydrogen-bond acceptors (Lipinski definition) is 3. The summed E-state index contributed by atoms with van der Waals surface area (Å²) in [6, 6.07) is 7.51. The zero-order valence-corrected chi connectivity index (χ0v) is 7.36. The smallest absolute Gasteiger partial charge is 0.229 e. The van der Waals surface area contributed by atoms with Crippen molar-refractivity contribution < 1.29 is 9.53 Å². The monoisotopic (exact) mass is 188 g/mol. The van der Waals surface area contributed by atoms with Gasteiger partial charge in [-0.15, -0.1) is 0 Å². The van der Waals surface area contributed by atoms with E-state index in [0.29, 0.717) is 12.3 Å². The Morgan fingerprint density at radius 3 is 3.21 bits per heavy atom. The molecule has 2 aliphatic heterocycles. The predicted molar refractivity (Wildman–Crippen MR) is 50.7 cm³/mol. The normalized spacial score (nSPS) is 23.0. The number of amidine groups is 1. The molecule has 1 saturated heterocycles. The molecule has 1 N–H and O–H groups in total. The highest BCUT2D eigenvalue weighted by Crippen LogP contribution is 2.33. The fourth-order valence-corrected chi connectivity index (χ4v) is 1.67. The topological polar surface area (TPSA) is 50.7 Å². The van der Waals surface area contributed by atoms with Gasteiger partial charge in [-0.3, -0.25) is 4.79 Å². The van der Waals surface area contributed by atoms with Crippen molar-refractivity contribution in [2.24, 2.45) is 4.99 Å². The molecular formula is C10H8N2O2. The Bertz CT molecular complexity index is 440. The number of para-hydroxylation sites is 2. The molecule has 0 spiro atoms. The van der Waals surface area contributed by atoms with Gasteiger partial charge in [0.1, 0.15) is 11.4 Å². The van der Waals surface area contributed by atoms with Crippen LogP contribution in [0.1, 0.15) is 6.42 Å². The van der Waals surface area contributed by atoms with Crippen LogP contribution in [0.25, 0.3) is 0 Å². The molecule has 2 heterocycles. The first-order valence-electron chi connectivity index (χ1n) is 4.47. The summed E-state index contributed by atoms with van der Waals surface area (Å²) in [6.07, 6.45) is 0.157. The summed E-state index contributed by atoms with van der Waals surface area (Å²) in [5.74, 6) is 1.35. The molecule has 1 atom stereocenters. The molecule has 70 valence electrons. The van der Waals surface area contributed by atoms with Crippen molar-refractivity contribution in [3.05, 3.63) is 24.3 Å². The summed E-state index contributed by atoms with van der Waals surface area (Å²) >= 11 is 0. The van der Waals surface area contributed by atoms with Gasteiger partial charge in [-0.25, -0.2) is 4.99 Å². The van der Waals surface area contributed by atoms with E-state index in [1.165, 1.54) is 0 Å². The van der Waals surface area contributed by atoms with Crippen molar-refractivity contribution >= 4 is 17.4 Å². The SMILES string of the molecule is O=C1CC2Oc3ccccc3N=C2N1. The minimum absolute atomic E-state index is 0.0263. The third-order valence-corrected chi connectivity index (χ3v) is 2.32. The number of nitrogens with one attached hydrogen (secondary N) is 1. The number of nitrogens with zero attached hydrogens (tertiary/aromatic N) is 1. The van der Waals surface area contributed by atoms with Crippen LogP contribution in [0.2, 0.25) is 0 Å². The summed E-state index contributed by atoms with van der Waals surface area (Å²) in [5.41, 5.74) is 0.779. The number of carbonyl (C=O) groups is 1. The molecule has 4 nitrogen and oxygen atoms in total. The maximum absolute atomic E-state index is 11.1. The number of aliphatic imine (C=N–C) groups is 1. The van der Waals surface area contributed by atoms with Crippen LogP contribution in [0.5, 0.6) is 5.75 Å². The second-order valence-electron chi connectivity index (χ2n) is 3.32. The first-order valence-corrected chi connectivity index (χ1v) is 4.47. The van der Waals surface area contributed by atoms with Crippen LogP contribution in [-0.4, -0.2) is 17.8 Å². The standard InChI is InChI=1S/C10H8N2O2/c13-9-5-8-10(12-9)11-6-3-1-2-4-7(6)14-8/h1-4,8H,5H2,(H,11,12,13). The summed E-state index contributed by atoms with van der Waals surface area (Å²) in [4.78, 5) is 15.4. The quantitative estimate of drug-likeness (QED) is 0.660. The number of benzene rings is 1. The molecule has 14 heavy (non-hydrogen) atoms. The van der Waals surface area contributed by atoms with Crippen molar-refractivity contribution in [2.75, 3.05) is 0 Å². The van der Waals surface area contributed by atoms with Crippen molar-refractivity contribution in [3.8, 4) is 5.75 Å². The molecule has 1 unspecified atom stereocenters. The van der Waals surface area contributed by atoms with Gasteiger partial charge in [-0.05, 0) is 12.1 Å². The number of amides is 1. The van der Waals surface area contributed by atoms with Gasteiger partial charge in [-0.2, -0.15) is 0 Å². The van der Waals surface area contributed by atoms with Gasteiger partial charge in [0.25, 0.3) is 0 Å². The number of hydrogen-bond donors (Lipinski definition) is 1. The Morgan fingerprint density at radius 1 is 1.43 bits per heavy atom. The maximum atomic E-state index is 11.1. The minimum Gasteiger partial charge on any atom is -0.480 e. The Hall–Kier alpha value is -1.84. The highest BCUT2D eigenvalue weighted by Gasteiger charge is 2.33. The Kier molecular flexibility index (Phi) is 1.39. The van der Waals surface area contributed by atoms with Crippen LogP contribution in [0.3, 0.4) is 0 Å². The number of ether oxygens (including phenoxy) is 1. The van der Waals surface area contributed by atoms with Gasteiger partial charge in [0, 0.05) is 0 Å². The van der Waals surface area contributed by atoms with E-state index >= 15 is 0 Å². The third-order valence-electron chi connectivity index (χ3n) is 2.32. The second-order valence-corrected chi connectivity index (χ2v) is 3.32. The molecule has 2 aliphatic rings. The third kappa shape index (κ3) is 1.00. The van der Waals surface area contributed by atoms with E-state index in [1.807, 2.05) is 24.3 Å². The fourth-order valence-electron chi connectivity index (χ4n) is 1.67. The Morgan fingerprint density at radius 2 is 2.29 bits per heavy atom. The average Bonchev–Trinajstić information content (AvgIpc) is 2.53. The largest absolute Gasteiger partial charge is 0.480 e. The van der Waals surface area contributed by atoms with Crippen molar-refractivity contribution in [1.29, 1.82) is 0 Å². The zero-order valence-electron chi connectivity index (χ0n) is 7.36. The fraction of sp³-hybridized carbons (Fsp3) is 0.200. The zero-order chi connectivity index (χ0) is 9.54. The van der Waals surface area contributed by atoms with E-state index in [4.69, 9.17) is 4.74 Å². The summed E-state index contributed by atoms with van der Waals surface area (Å²) in [6.45, 7) is 0. The van der Waals surface area contributed by atoms with Crippen molar-refractivity contribution in [2.45, 2.75) is 12.5 Å². The molecular weight excluding hydrogens is 180 g/mol. The van der Waals surface area contributed by atoms with Crippen LogP contribution < -0.4 is 10.1 Å². The highest BCUT2D eigenvalue weighted by atomic mass is 16.5. The van der Waals surface area contributed by atoms with Crippen molar-refractivity contribution in [1.82, 2.24) is 5.32 Å². The molecule has 3 rings (SSSR count). The van der Waals surface area contributed by atoms with Crippen LogP contribution in [0.4, 0.5) is 5.69 Å². The molecule has 1 aromatic carbocycles. The average molecular weight is 188 g/mol. The molecule has 0 aromatic heterocycles. The van der Waals surface area contributed by atoms with E-state index in [1.54, 1.807) is 0 Å². The summed E-state index contributed by atoms with van der Waals surface area (Å²) in [7, 11) is 0. The van der Waals surface area contributed by atoms with Gasteiger partial charge in [0.2, 0.25) is 5.91 Å². The summed E-state index contributed by atoms with van der Waals surface area (Å²) in [5, 5.41) is 2.68. The molecule has 1 fully saturated rings. The van der Waals surface area contributed by atoms with E-state index in [9.17, 15) is 4.79 Å². The van der Waals surface area contributed by atoms with E-state index in [-0.39, 0.29) is 12.0 Å². The van der Waals surface area contributed by atoms with Gasteiger partial charge >= 0.3 is 0 Å². The lowest BCUT2D eigenvalue weighted by Gasteiger charge is -2.19. The van der Waals surface area contributed by atoms with Crippen LogP contribution in [0, 0.1) is 0 Å². The molecule has 0 radical (unpaired) electrons. The molecule has 0 saturated carbocycles. The van der Waals surface area contributed by atoms with Crippen molar-refractivity contribution in [3.63, 3.8) is 0 Å². The molecule has 4 heteroatoms. The van der Waals surface area contributed by atoms with Crippen LogP contribution >= 0.6 is 0 Å². The first kappa shape index (κ1) is 7.55. The number of rotatable bonds is 0. The number of carbonyl (C=O) groups excluding carboxylic acids is 1. The second kappa shape index (κ2) is 2.57. The lowest BCUT2D eigenvalue weighted by molar-refractivity contribution is -0.119. The van der Waals surface area contributed by atoms with E-state index in [2.05, 4.69) is 10.3 Å². The lowest BCUT2D eigenvalue weighted by Crippen LogP contribution is -2.30. The van der Waals surface area contributed by atoms with Crippen LogP contribution in [-0.2, 0) is 4.79 Å². The Balaban J connectivity index is 2.07. The maximum Gasteiger partial charge on any atom is 0.229 e. The minimum atomic E-state index is -0.211. The first-order chi connectivity index (χ1) is 6.83.